The number of rotatable bonds is 8. The lowest BCUT2D eigenvalue weighted by Crippen LogP contribution is -2.27. The lowest BCUT2D eigenvalue weighted by atomic mass is 10.1. The Bertz CT molecular complexity index is 776. The normalized spacial score (nSPS) is 10.1. The molecule has 0 aliphatic rings. The fourth-order valence-electron chi connectivity index (χ4n) is 2.27. The Labute approximate surface area is 152 Å². The minimum absolute atomic E-state index is 0.265. The van der Waals surface area contributed by atoms with E-state index in [1.165, 1.54) is 13.2 Å². The first-order valence-corrected chi connectivity index (χ1v) is 7.99. The first kappa shape index (κ1) is 19.3. The van der Waals surface area contributed by atoms with Gasteiger partial charge in [-0.25, -0.2) is 0 Å². The standard InChI is InChI=1S/C19H22N2O5/c1-24-10-9-20-18(22)13-5-4-6-14(11-13)19(23)21-16-8-7-15(25-2)12-17(16)26-3/h4-8,11-12H,9-10H2,1-3H3,(H,20,22)(H,21,23). The summed E-state index contributed by atoms with van der Waals surface area (Å²) in [5.74, 6) is 0.486. The van der Waals surface area contributed by atoms with Gasteiger partial charge in [-0.3, -0.25) is 9.59 Å². The smallest absolute Gasteiger partial charge is 0.255 e. The molecule has 26 heavy (non-hydrogen) atoms. The van der Waals surface area contributed by atoms with Crippen molar-refractivity contribution < 1.29 is 23.8 Å². The molecule has 0 unspecified atom stereocenters. The van der Waals surface area contributed by atoms with Crippen molar-refractivity contribution in [2.24, 2.45) is 0 Å². The van der Waals surface area contributed by atoms with Gasteiger partial charge in [0.25, 0.3) is 11.8 Å². The Morgan fingerprint density at radius 2 is 1.65 bits per heavy atom. The number of hydrogen-bond acceptors (Lipinski definition) is 5. The van der Waals surface area contributed by atoms with E-state index in [-0.39, 0.29) is 11.8 Å². The second-order valence-electron chi connectivity index (χ2n) is 5.35. The van der Waals surface area contributed by atoms with Gasteiger partial charge in [0, 0.05) is 30.8 Å². The van der Waals surface area contributed by atoms with Crippen molar-refractivity contribution in [3.05, 3.63) is 53.6 Å². The van der Waals surface area contributed by atoms with Gasteiger partial charge in [0.05, 0.1) is 26.5 Å². The van der Waals surface area contributed by atoms with Crippen LogP contribution in [0.1, 0.15) is 20.7 Å². The van der Waals surface area contributed by atoms with E-state index in [0.717, 1.165) is 0 Å². The van der Waals surface area contributed by atoms with Gasteiger partial charge in [-0.05, 0) is 30.3 Å². The molecule has 2 rings (SSSR count). The summed E-state index contributed by atoms with van der Waals surface area (Å²) in [5.41, 5.74) is 1.27. The van der Waals surface area contributed by atoms with E-state index >= 15 is 0 Å². The number of nitrogens with one attached hydrogen (secondary N) is 2. The summed E-state index contributed by atoms with van der Waals surface area (Å²) in [4.78, 5) is 24.6. The highest BCUT2D eigenvalue weighted by molar-refractivity contribution is 6.06. The van der Waals surface area contributed by atoms with Gasteiger partial charge >= 0.3 is 0 Å². The number of benzene rings is 2. The van der Waals surface area contributed by atoms with Crippen LogP contribution in [0.25, 0.3) is 0 Å². The molecular weight excluding hydrogens is 336 g/mol. The van der Waals surface area contributed by atoms with E-state index < -0.39 is 0 Å². The van der Waals surface area contributed by atoms with Crippen molar-refractivity contribution in [3.63, 3.8) is 0 Å². The Morgan fingerprint density at radius 1 is 0.923 bits per heavy atom. The van der Waals surface area contributed by atoms with E-state index in [4.69, 9.17) is 14.2 Å². The van der Waals surface area contributed by atoms with E-state index in [2.05, 4.69) is 10.6 Å². The molecule has 2 amide bonds. The second kappa shape index (κ2) is 9.43. The van der Waals surface area contributed by atoms with Crippen LogP contribution in [0, 0.1) is 0 Å². The number of carbonyl (C=O) groups is 2. The number of anilines is 1. The van der Waals surface area contributed by atoms with E-state index in [0.29, 0.717) is 41.5 Å². The maximum Gasteiger partial charge on any atom is 0.255 e. The molecule has 138 valence electrons. The van der Waals surface area contributed by atoms with Crippen LogP contribution in [0.3, 0.4) is 0 Å². The zero-order valence-corrected chi connectivity index (χ0v) is 15.0. The first-order chi connectivity index (χ1) is 12.6. The zero-order chi connectivity index (χ0) is 18.9. The average molecular weight is 358 g/mol. The number of hydrogen-bond donors (Lipinski definition) is 2. The Hall–Kier alpha value is -3.06. The first-order valence-electron chi connectivity index (χ1n) is 7.99. The van der Waals surface area contributed by atoms with Crippen molar-refractivity contribution in [2.45, 2.75) is 0 Å². The van der Waals surface area contributed by atoms with Crippen LogP contribution >= 0.6 is 0 Å². The SMILES string of the molecule is COCCNC(=O)c1cccc(C(=O)Nc2ccc(OC)cc2OC)c1. The monoisotopic (exact) mass is 358 g/mol. The van der Waals surface area contributed by atoms with Crippen molar-refractivity contribution in [1.29, 1.82) is 0 Å². The van der Waals surface area contributed by atoms with Crippen LogP contribution in [-0.4, -0.2) is 46.3 Å². The molecule has 0 bridgehead atoms. The van der Waals surface area contributed by atoms with E-state index in [1.54, 1.807) is 50.6 Å². The molecule has 0 aliphatic carbocycles. The third-order valence-electron chi connectivity index (χ3n) is 3.64. The Kier molecular flexibility index (Phi) is 6.99. The molecule has 0 saturated heterocycles. The second-order valence-corrected chi connectivity index (χ2v) is 5.35. The summed E-state index contributed by atoms with van der Waals surface area (Å²) < 4.78 is 15.3. The molecule has 0 spiro atoms. The molecule has 0 aliphatic heterocycles. The highest BCUT2D eigenvalue weighted by Crippen LogP contribution is 2.29. The van der Waals surface area contributed by atoms with Crippen molar-refractivity contribution in [2.75, 3.05) is 39.8 Å². The maximum atomic E-state index is 12.5. The van der Waals surface area contributed by atoms with Gasteiger partial charge in [0.2, 0.25) is 0 Å². The molecule has 7 nitrogen and oxygen atoms in total. The minimum atomic E-state index is -0.347. The molecule has 0 saturated carbocycles. The number of amides is 2. The van der Waals surface area contributed by atoms with Gasteiger partial charge < -0.3 is 24.8 Å². The molecule has 2 N–H and O–H groups in total. The van der Waals surface area contributed by atoms with Crippen molar-refractivity contribution >= 4 is 17.5 Å². The topological polar surface area (TPSA) is 85.9 Å². The third kappa shape index (κ3) is 4.97. The van der Waals surface area contributed by atoms with E-state index in [9.17, 15) is 9.59 Å². The quantitative estimate of drug-likeness (QED) is 0.708. The van der Waals surface area contributed by atoms with Gasteiger partial charge in [-0.1, -0.05) is 6.07 Å². The molecule has 0 heterocycles. The lowest BCUT2D eigenvalue weighted by molar-refractivity contribution is 0.0937. The van der Waals surface area contributed by atoms with Crippen LogP contribution in [0.5, 0.6) is 11.5 Å². The predicted octanol–water partition coefficient (Wildman–Crippen LogP) is 2.33. The molecule has 2 aromatic carbocycles. The Morgan fingerprint density at radius 3 is 2.31 bits per heavy atom. The highest BCUT2D eigenvalue weighted by atomic mass is 16.5. The summed E-state index contributed by atoms with van der Waals surface area (Å²) in [5, 5.41) is 5.49. The van der Waals surface area contributed by atoms with Crippen LogP contribution in [0.4, 0.5) is 5.69 Å². The molecule has 0 fully saturated rings. The van der Waals surface area contributed by atoms with Gasteiger partial charge in [-0.15, -0.1) is 0 Å². The van der Waals surface area contributed by atoms with Crippen LogP contribution in [0.2, 0.25) is 0 Å². The van der Waals surface area contributed by atoms with Gasteiger partial charge in [0.15, 0.2) is 0 Å². The fraction of sp³-hybridized carbons (Fsp3) is 0.263. The summed E-state index contributed by atoms with van der Waals surface area (Å²) in [6.45, 7) is 0.817. The molecule has 7 heteroatoms. The molecule has 0 radical (unpaired) electrons. The maximum absolute atomic E-state index is 12.5. The van der Waals surface area contributed by atoms with Crippen molar-refractivity contribution in [3.8, 4) is 11.5 Å². The minimum Gasteiger partial charge on any atom is -0.497 e. The van der Waals surface area contributed by atoms with Crippen LogP contribution in [-0.2, 0) is 4.74 Å². The highest BCUT2D eigenvalue weighted by Gasteiger charge is 2.13. The van der Waals surface area contributed by atoms with Crippen LogP contribution < -0.4 is 20.1 Å². The molecule has 0 atom stereocenters. The average Bonchev–Trinajstić information content (AvgIpc) is 2.68. The summed E-state index contributed by atoms with van der Waals surface area (Å²) >= 11 is 0. The van der Waals surface area contributed by atoms with Gasteiger partial charge in [-0.2, -0.15) is 0 Å². The van der Waals surface area contributed by atoms with Crippen molar-refractivity contribution in [1.82, 2.24) is 5.32 Å². The van der Waals surface area contributed by atoms with E-state index in [1.807, 2.05) is 0 Å². The van der Waals surface area contributed by atoms with Gasteiger partial charge in [0.1, 0.15) is 11.5 Å². The molecular formula is C19H22N2O5. The summed E-state index contributed by atoms with van der Waals surface area (Å²) in [7, 11) is 4.62. The number of methoxy groups -OCH3 is 3. The Balaban J connectivity index is 2.13. The summed E-state index contributed by atoms with van der Waals surface area (Å²) in [6.07, 6.45) is 0. The summed E-state index contributed by atoms with van der Waals surface area (Å²) in [6, 6.07) is 11.6. The number of carbonyl (C=O) groups excluding carboxylic acids is 2. The zero-order valence-electron chi connectivity index (χ0n) is 15.0. The largest absolute Gasteiger partial charge is 0.497 e. The molecule has 0 aromatic heterocycles. The lowest BCUT2D eigenvalue weighted by Gasteiger charge is -2.12. The fourth-order valence-corrected chi connectivity index (χ4v) is 2.27. The molecule has 2 aromatic rings. The predicted molar refractivity (Wildman–Crippen MR) is 98.2 cm³/mol. The third-order valence-corrected chi connectivity index (χ3v) is 3.64. The number of ether oxygens (including phenoxy) is 3. The van der Waals surface area contributed by atoms with Crippen LogP contribution in [0.15, 0.2) is 42.5 Å².